The number of carbonyl (C=O) groups is 3. The Kier molecular flexibility index (Phi) is 8.34. The lowest BCUT2D eigenvalue weighted by molar-refractivity contribution is -0.143. The van der Waals surface area contributed by atoms with E-state index >= 15 is 0 Å². The lowest BCUT2D eigenvalue weighted by atomic mass is 10.1. The van der Waals surface area contributed by atoms with Gasteiger partial charge in [-0.25, -0.2) is 4.79 Å². The second-order valence-corrected chi connectivity index (χ2v) is 3.89. The largest absolute Gasteiger partial charge is 0.481 e. The van der Waals surface area contributed by atoms with Crippen molar-refractivity contribution < 1.29 is 24.2 Å². The Morgan fingerprint density at radius 2 is 1.94 bits per heavy atom. The zero-order valence-electron chi connectivity index (χ0n) is 10.7. The first-order valence-electron chi connectivity index (χ1n) is 5.84. The van der Waals surface area contributed by atoms with Crippen molar-refractivity contribution >= 4 is 18.0 Å². The van der Waals surface area contributed by atoms with Crippen molar-refractivity contribution in [1.29, 1.82) is 0 Å². The number of esters is 1. The van der Waals surface area contributed by atoms with E-state index < -0.39 is 12.0 Å². The minimum absolute atomic E-state index is 0.00308. The first-order valence-corrected chi connectivity index (χ1v) is 5.84. The molecule has 18 heavy (non-hydrogen) atoms. The Morgan fingerprint density at radius 3 is 2.50 bits per heavy atom. The van der Waals surface area contributed by atoms with Gasteiger partial charge in [0.05, 0.1) is 13.0 Å². The number of ether oxygens (including phenoxy) is 1. The van der Waals surface area contributed by atoms with Crippen LogP contribution in [-0.4, -0.2) is 42.8 Å². The van der Waals surface area contributed by atoms with Crippen LogP contribution in [-0.2, 0) is 14.3 Å². The first-order chi connectivity index (χ1) is 8.45. The van der Waals surface area contributed by atoms with Crippen molar-refractivity contribution in [2.45, 2.75) is 26.7 Å². The molecule has 0 aromatic carbocycles. The van der Waals surface area contributed by atoms with Gasteiger partial charge in [0.25, 0.3) is 0 Å². The van der Waals surface area contributed by atoms with Crippen molar-refractivity contribution in [3.05, 3.63) is 0 Å². The summed E-state index contributed by atoms with van der Waals surface area (Å²) in [6, 6.07) is -0.420. The SMILES string of the molecule is CCOC(=O)CCNC(=O)NCC(C)CC(=O)O. The van der Waals surface area contributed by atoms with E-state index in [-0.39, 0.29) is 37.8 Å². The zero-order chi connectivity index (χ0) is 14.0. The molecule has 7 heteroatoms. The van der Waals surface area contributed by atoms with Gasteiger partial charge in [0.15, 0.2) is 0 Å². The van der Waals surface area contributed by atoms with Gasteiger partial charge < -0.3 is 20.5 Å². The van der Waals surface area contributed by atoms with Crippen molar-refractivity contribution in [3.8, 4) is 0 Å². The lowest BCUT2D eigenvalue weighted by Gasteiger charge is -2.11. The van der Waals surface area contributed by atoms with Crippen LogP contribution in [0.15, 0.2) is 0 Å². The van der Waals surface area contributed by atoms with Crippen LogP contribution < -0.4 is 10.6 Å². The molecule has 0 heterocycles. The average molecular weight is 260 g/mol. The van der Waals surface area contributed by atoms with Gasteiger partial charge in [-0.3, -0.25) is 9.59 Å². The molecule has 0 fully saturated rings. The topological polar surface area (TPSA) is 105 Å². The summed E-state index contributed by atoms with van der Waals surface area (Å²) >= 11 is 0. The minimum Gasteiger partial charge on any atom is -0.481 e. The molecule has 0 rings (SSSR count). The van der Waals surface area contributed by atoms with Crippen LogP contribution >= 0.6 is 0 Å². The molecule has 0 spiro atoms. The first kappa shape index (κ1) is 16.2. The van der Waals surface area contributed by atoms with E-state index in [1.807, 2.05) is 0 Å². The average Bonchev–Trinajstić information content (AvgIpc) is 2.26. The van der Waals surface area contributed by atoms with Crippen molar-refractivity contribution in [2.75, 3.05) is 19.7 Å². The Labute approximate surface area is 106 Å². The molecular weight excluding hydrogens is 240 g/mol. The Morgan fingerprint density at radius 1 is 1.28 bits per heavy atom. The zero-order valence-corrected chi connectivity index (χ0v) is 10.7. The Hall–Kier alpha value is -1.79. The minimum atomic E-state index is -0.896. The van der Waals surface area contributed by atoms with Gasteiger partial charge in [0.1, 0.15) is 0 Å². The number of hydrogen-bond acceptors (Lipinski definition) is 4. The fraction of sp³-hybridized carbons (Fsp3) is 0.727. The Bertz CT molecular complexity index is 293. The third kappa shape index (κ3) is 9.44. The molecule has 1 unspecified atom stereocenters. The number of nitrogens with one attached hydrogen (secondary N) is 2. The maximum absolute atomic E-state index is 11.3. The van der Waals surface area contributed by atoms with Crippen molar-refractivity contribution in [2.24, 2.45) is 5.92 Å². The highest BCUT2D eigenvalue weighted by molar-refractivity contribution is 5.75. The fourth-order valence-electron chi connectivity index (χ4n) is 1.21. The number of aliphatic carboxylic acids is 1. The monoisotopic (exact) mass is 260 g/mol. The van der Waals surface area contributed by atoms with Gasteiger partial charge in [0.2, 0.25) is 0 Å². The molecule has 3 N–H and O–H groups in total. The standard InChI is InChI=1S/C11H20N2O5/c1-3-18-10(16)4-5-12-11(17)13-7-8(2)6-9(14)15/h8H,3-7H2,1-2H3,(H,14,15)(H2,12,13,17). The molecule has 0 bridgehead atoms. The summed E-state index contributed by atoms with van der Waals surface area (Å²) in [5.41, 5.74) is 0. The highest BCUT2D eigenvalue weighted by atomic mass is 16.5. The maximum atomic E-state index is 11.3. The van der Waals surface area contributed by atoms with Gasteiger partial charge in [-0.1, -0.05) is 6.92 Å². The molecule has 1 atom stereocenters. The molecule has 0 radical (unpaired) electrons. The molecule has 104 valence electrons. The van der Waals surface area contributed by atoms with Gasteiger partial charge in [-0.15, -0.1) is 0 Å². The third-order valence-electron chi connectivity index (χ3n) is 2.05. The molecule has 0 aromatic heterocycles. The number of rotatable bonds is 8. The summed E-state index contributed by atoms with van der Waals surface area (Å²) in [6.45, 7) is 4.22. The summed E-state index contributed by atoms with van der Waals surface area (Å²) in [5.74, 6) is -1.40. The molecule has 0 aromatic rings. The smallest absolute Gasteiger partial charge is 0.314 e. The molecular formula is C11H20N2O5. The van der Waals surface area contributed by atoms with Crippen LogP contribution in [0.4, 0.5) is 4.79 Å². The quantitative estimate of drug-likeness (QED) is 0.546. The number of urea groups is 1. The Balaban J connectivity index is 3.59. The van der Waals surface area contributed by atoms with E-state index in [9.17, 15) is 14.4 Å². The van der Waals surface area contributed by atoms with E-state index in [2.05, 4.69) is 15.4 Å². The predicted octanol–water partition coefficient (Wildman–Crippen LogP) is 0.350. The van der Waals surface area contributed by atoms with E-state index in [1.165, 1.54) is 0 Å². The van der Waals surface area contributed by atoms with Gasteiger partial charge >= 0.3 is 18.0 Å². The summed E-state index contributed by atoms with van der Waals surface area (Å²) in [5, 5.41) is 13.5. The predicted molar refractivity (Wildman–Crippen MR) is 64.1 cm³/mol. The summed E-state index contributed by atoms with van der Waals surface area (Å²) in [6.07, 6.45) is 0.120. The van der Waals surface area contributed by atoms with Crippen LogP contribution in [0.5, 0.6) is 0 Å². The number of hydrogen-bond donors (Lipinski definition) is 3. The molecule has 7 nitrogen and oxygen atoms in total. The highest BCUT2D eigenvalue weighted by Crippen LogP contribution is 1.98. The lowest BCUT2D eigenvalue weighted by Crippen LogP contribution is -2.39. The van der Waals surface area contributed by atoms with E-state index in [0.717, 1.165) is 0 Å². The summed E-state index contributed by atoms with van der Waals surface area (Å²) in [7, 11) is 0. The molecule has 0 aliphatic rings. The van der Waals surface area contributed by atoms with Gasteiger partial charge in [0, 0.05) is 19.5 Å². The number of carbonyl (C=O) groups excluding carboxylic acids is 2. The second kappa shape index (κ2) is 9.26. The van der Waals surface area contributed by atoms with E-state index in [4.69, 9.17) is 5.11 Å². The summed E-state index contributed by atoms with van der Waals surface area (Å²) in [4.78, 5) is 32.6. The second-order valence-electron chi connectivity index (χ2n) is 3.89. The van der Waals surface area contributed by atoms with Crippen LogP contribution in [0, 0.1) is 5.92 Å². The highest BCUT2D eigenvalue weighted by Gasteiger charge is 2.09. The normalized spacial score (nSPS) is 11.4. The van der Waals surface area contributed by atoms with Crippen LogP contribution in [0.1, 0.15) is 26.7 Å². The van der Waals surface area contributed by atoms with Crippen LogP contribution in [0.3, 0.4) is 0 Å². The van der Waals surface area contributed by atoms with Crippen molar-refractivity contribution in [3.63, 3.8) is 0 Å². The molecule has 0 aliphatic heterocycles. The third-order valence-corrected chi connectivity index (χ3v) is 2.05. The van der Waals surface area contributed by atoms with E-state index in [0.29, 0.717) is 6.61 Å². The number of carboxylic acid groups (broad SMARTS) is 1. The fourth-order valence-corrected chi connectivity index (χ4v) is 1.21. The molecule has 2 amide bonds. The van der Waals surface area contributed by atoms with Gasteiger partial charge in [-0.2, -0.15) is 0 Å². The molecule has 0 saturated heterocycles. The van der Waals surface area contributed by atoms with Crippen LogP contribution in [0.25, 0.3) is 0 Å². The number of amides is 2. The summed E-state index contributed by atoms with van der Waals surface area (Å²) < 4.78 is 4.69. The molecule has 0 aliphatic carbocycles. The molecule has 0 saturated carbocycles. The van der Waals surface area contributed by atoms with E-state index in [1.54, 1.807) is 13.8 Å². The van der Waals surface area contributed by atoms with Crippen molar-refractivity contribution in [1.82, 2.24) is 10.6 Å². The maximum Gasteiger partial charge on any atom is 0.314 e. The number of carboxylic acids is 1. The van der Waals surface area contributed by atoms with Gasteiger partial charge in [-0.05, 0) is 12.8 Å². The van der Waals surface area contributed by atoms with Crippen LogP contribution in [0.2, 0.25) is 0 Å².